The topological polar surface area (TPSA) is 89.3 Å². The highest BCUT2D eigenvalue weighted by Crippen LogP contribution is 2.19. The maximum absolute atomic E-state index is 12.9. The van der Waals surface area contributed by atoms with Crippen molar-refractivity contribution in [2.24, 2.45) is 11.7 Å². The molecule has 5 nitrogen and oxygen atoms in total. The van der Waals surface area contributed by atoms with Gasteiger partial charge in [-0.3, -0.25) is 4.79 Å². The molecule has 1 atom stereocenters. The van der Waals surface area contributed by atoms with E-state index < -0.39 is 21.6 Å². The van der Waals surface area contributed by atoms with Crippen LogP contribution in [0.5, 0.6) is 0 Å². The first-order valence-corrected chi connectivity index (χ1v) is 9.47. The van der Waals surface area contributed by atoms with Gasteiger partial charge in [0.05, 0.1) is 10.6 Å². The minimum Gasteiger partial charge on any atom is -0.353 e. The van der Waals surface area contributed by atoms with Crippen molar-refractivity contribution in [1.29, 1.82) is 0 Å². The van der Waals surface area contributed by atoms with Crippen molar-refractivity contribution in [3.63, 3.8) is 0 Å². The van der Waals surface area contributed by atoms with Gasteiger partial charge in [0.25, 0.3) is 0 Å². The van der Waals surface area contributed by atoms with Crippen LogP contribution in [0.1, 0.15) is 32.6 Å². The summed E-state index contributed by atoms with van der Waals surface area (Å²) in [5.74, 6) is -1.72. The quantitative estimate of drug-likeness (QED) is 0.767. The van der Waals surface area contributed by atoms with Crippen molar-refractivity contribution >= 4 is 28.2 Å². The zero-order valence-corrected chi connectivity index (χ0v) is 15.2. The fraction of sp³-hybridized carbons (Fsp3) is 0.562. The first kappa shape index (κ1) is 20.9. The highest BCUT2D eigenvalue weighted by Gasteiger charge is 2.26. The maximum Gasteiger partial charge on any atom is 0.224 e. The zero-order valence-electron chi connectivity index (χ0n) is 13.6. The lowest BCUT2D eigenvalue weighted by atomic mass is 9.91. The summed E-state index contributed by atoms with van der Waals surface area (Å²) in [5.41, 5.74) is 5.83. The van der Waals surface area contributed by atoms with E-state index in [4.69, 9.17) is 5.73 Å². The average molecular weight is 379 g/mol. The summed E-state index contributed by atoms with van der Waals surface area (Å²) in [6, 6.07) is 4.90. The Bertz CT molecular complexity index is 644. The van der Waals surface area contributed by atoms with Crippen LogP contribution >= 0.6 is 12.4 Å². The van der Waals surface area contributed by atoms with E-state index in [0.29, 0.717) is 0 Å². The molecule has 1 aromatic carbocycles. The third-order valence-electron chi connectivity index (χ3n) is 4.21. The highest BCUT2D eigenvalue weighted by molar-refractivity contribution is 7.91. The molecule has 0 aliphatic heterocycles. The van der Waals surface area contributed by atoms with Gasteiger partial charge in [0, 0.05) is 18.0 Å². The second kappa shape index (κ2) is 8.78. The van der Waals surface area contributed by atoms with E-state index in [1.807, 2.05) is 0 Å². The molecule has 0 spiro atoms. The van der Waals surface area contributed by atoms with E-state index >= 15 is 0 Å². The fourth-order valence-corrected chi connectivity index (χ4v) is 4.30. The molecule has 24 heavy (non-hydrogen) atoms. The average Bonchev–Trinajstić information content (AvgIpc) is 2.49. The molecule has 1 saturated carbocycles. The Morgan fingerprint density at radius 1 is 1.25 bits per heavy atom. The van der Waals surface area contributed by atoms with E-state index in [1.165, 1.54) is 12.1 Å². The summed E-state index contributed by atoms with van der Waals surface area (Å²) in [5, 5.41) is 2.90. The Kier molecular flexibility index (Phi) is 7.63. The molecule has 1 aromatic rings. The van der Waals surface area contributed by atoms with E-state index in [1.54, 1.807) is 6.92 Å². The van der Waals surface area contributed by atoms with Gasteiger partial charge in [-0.05, 0) is 49.9 Å². The molecule has 0 bridgehead atoms. The molecule has 0 saturated heterocycles. The van der Waals surface area contributed by atoms with Gasteiger partial charge in [0.2, 0.25) is 5.91 Å². The SMILES string of the molecule is CC(CS(=O)(=O)c1ccc(F)cc1)C(=O)NC1CCC(N)CC1.Cl. The Hall–Kier alpha value is -1.18. The summed E-state index contributed by atoms with van der Waals surface area (Å²) in [4.78, 5) is 12.2. The third-order valence-corrected chi connectivity index (χ3v) is 6.14. The molecule has 1 amide bonds. The smallest absolute Gasteiger partial charge is 0.224 e. The van der Waals surface area contributed by atoms with E-state index in [0.717, 1.165) is 37.8 Å². The van der Waals surface area contributed by atoms with Crippen LogP contribution in [0, 0.1) is 11.7 Å². The van der Waals surface area contributed by atoms with Crippen molar-refractivity contribution in [2.75, 3.05) is 5.75 Å². The molecule has 1 aliphatic carbocycles. The molecular weight excluding hydrogens is 355 g/mol. The summed E-state index contributed by atoms with van der Waals surface area (Å²) in [6.07, 6.45) is 3.38. The van der Waals surface area contributed by atoms with Crippen LogP contribution < -0.4 is 11.1 Å². The Labute approximate surface area is 148 Å². The van der Waals surface area contributed by atoms with Crippen molar-refractivity contribution in [2.45, 2.75) is 49.6 Å². The molecule has 1 fully saturated rings. The van der Waals surface area contributed by atoms with Crippen molar-refractivity contribution in [1.82, 2.24) is 5.32 Å². The van der Waals surface area contributed by atoms with Gasteiger partial charge in [0.1, 0.15) is 5.82 Å². The van der Waals surface area contributed by atoms with E-state index in [2.05, 4.69) is 5.32 Å². The number of halogens is 2. The second-order valence-electron chi connectivity index (χ2n) is 6.26. The monoisotopic (exact) mass is 378 g/mol. The zero-order chi connectivity index (χ0) is 17.0. The lowest BCUT2D eigenvalue weighted by Crippen LogP contribution is -2.43. The molecule has 1 unspecified atom stereocenters. The van der Waals surface area contributed by atoms with Gasteiger partial charge in [-0.1, -0.05) is 6.92 Å². The first-order valence-electron chi connectivity index (χ1n) is 7.82. The number of carbonyl (C=O) groups is 1. The number of hydrogen-bond acceptors (Lipinski definition) is 4. The molecular formula is C16H24ClFN2O3S. The van der Waals surface area contributed by atoms with Crippen LogP contribution in [-0.4, -0.2) is 32.2 Å². The number of nitrogens with two attached hydrogens (primary N) is 1. The van der Waals surface area contributed by atoms with Crippen LogP contribution in [0.2, 0.25) is 0 Å². The second-order valence-corrected chi connectivity index (χ2v) is 8.29. The Morgan fingerprint density at radius 2 is 1.79 bits per heavy atom. The number of hydrogen-bond donors (Lipinski definition) is 2. The van der Waals surface area contributed by atoms with Crippen molar-refractivity contribution < 1.29 is 17.6 Å². The fourth-order valence-electron chi connectivity index (χ4n) is 2.75. The number of sulfone groups is 1. The highest BCUT2D eigenvalue weighted by atomic mass is 35.5. The number of nitrogens with one attached hydrogen (secondary N) is 1. The molecule has 2 rings (SSSR count). The molecule has 136 valence electrons. The van der Waals surface area contributed by atoms with Crippen molar-refractivity contribution in [3.8, 4) is 0 Å². The van der Waals surface area contributed by atoms with Crippen LogP contribution in [0.3, 0.4) is 0 Å². The normalized spacial score (nSPS) is 22.3. The Balaban J connectivity index is 0.00000288. The predicted molar refractivity (Wildman–Crippen MR) is 93.2 cm³/mol. The maximum atomic E-state index is 12.9. The number of rotatable bonds is 5. The van der Waals surface area contributed by atoms with Gasteiger partial charge in [-0.15, -0.1) is 12.4 Å². The van der Waals surface area contributed by atoms with Gasteiger partial charge in [-0.25, -0.2) is 12.8 Å². The number of carbonyl (C=O) groups excluding carboxylic acids is 1. The summed E-state index contributed by atoms with van der Waals surface area (Å²) in [7, 11) is -3.62. The number of amides is 1. The lowest BCUT2D eigenvalue weighted by molar-refractivity contribution is -0.124. The molecule has 8 heteroatoms. The molecule has 0 aromatic heterocycles. The standard InChI is InChI=1S/C16H23FN2O3S.ClH/c1-11(16(20)19-14-6-4-13(18)5-7-14)10-23(21,22)15-8-2-12(17)3-9-15;/h2-3,8-9,11,13-14H,4-7,10,18H2,1H3,(H,19,20);1H. The minimum atomic E-state index is -3.62. The van der Waals surface area contributed by atoms with Crippen LogP contribution in [0.25, 0.3) is 0 Å². The lowest BCUT2D eigenvalue weighted by Gasteiger charge is -2.27. The largest absolute Gasteiger partial charge is 0.353 e. The minimum absolute atomic E-state index is 0. The van der Waals surface area contributed by atoms with Gasteiger partial charge >= 0.3 is 0 Å². The van der Waals surface area contributed by atoms with Crippen molar-refractivity contribution in [3.05, 3.63) is 30.1 Å². The van der Waals surface area contributed by atoms with Crippen LogP contribution in [0.4, 0.5) is 4.39 Å². The Morgan fingerprint density at radius 3 is 2.33 bits per heavy atom. The van der Waals surface area contributed by atoms with Crippen LogP contribution in [-0.2, 0) is 14.6 Å². The van der Waals surface area contributed by atoms with Gasteiger partial charge in [0.15, 0.2) is 9.84 Å². The first-order chi connectivity index (χ1) is 10.8. The summed E-state index contributed by atoms with van der Waals surface area (Å²) in [6.45, 7) is 1.59. The number of benzene rings is 1. The van der Waals surface area contributed by atoms with Gasteiger partial charge < -0.3 is 11.1 Å². The molecule has 0 heterocycles. The third kappa shape index (κ3) is 5.72. The molecule has 0 radical (unpaired) electrons. The summed E-state index contributed by atoms with van der Waals surface area (Å²) < 4.78 is 37.4. The molecule has 1 aliphatic rings. The van der Waals surface area contributed by atoms with Crippen LogP contribution in [0.15, 0.2) is 29.2 Å². The van der Waals surface area contributed by atoms with E-state index in [9.17, 15) is 17.6 Å². The predicted octanol–water partition coefficient (Wildman–Crippen LogP) is 2.04. The molecule has 3 N–H and O–H groups in total. The summed E-state index contributed by atoms with van der Waals surface area (Å²) >= 11 is 0. The van der Waals surface area contributed by atoms with E-state index in [-0.39, 0.29) is 41.0 Å². The van der Waals surface area contributed by atoms with Gasteiger partial charge in [-0.2, -0.15) is 0 Å².